The van der Waals surface area contributed by atoms with E-state index < -0.39 is 0 Å². The van der Waals surface area contributed by atoms with Crippen molar-refractivity contribution < 1.29 is 19.6 Å². The van der Waals surface area contributed by atoms with Crippen LogP contribution in [-0.4, -0.2) is 67.6 Å². The van der Waals surface area contributed by atoms with Crippen molar-refractivity contribution in [2.24, 2.45) is 0 Å². The SMILES string of the molecule is Cc1ccc(NC(=O)CN(C)C(=O)[C@@H](C)[NH+]2CCN(c3ccccc3O)CC2)cc1. The topological polar surface area (TPSA) is 77.3 Å². The molecule has 1 fully saturated rings. The summed E-state index contributed by atoms with van der Waals surface area (Å²) in [6, 6.07) is 14.7. The maximum absolute atomic E-state index is 12.9. The Kier molecular flexibility index (Phi) is 6.95. The number of benzene rings is 2. The van der Waals surface area contributed by atoms with Gasteiger partial charge in [0.25, 0.3) is 5.91 Å². The first-order chi connectivity index (χ1) is 14.3. The van der Waals surface area contributed by atoms with E-state index in [2.05, 4.69) is 10.2 Å². The normalized spacial score (nSPS) is 15.5. The molecule has 2 amide bonds. The second-order valence-corrected chi connectivity index (χ2v) is 7.96. The maximum Gasteiger partial charge on any atom is 0.280 e. The number of amides is 2. The van der Waals surface area contributed by atoms with E-state index >= 15 is 0 Å². The average molecular weight is 412 g/mol. The number of aromatic hydroxyl groups is 1. The van der Waals surface area contributed by atoms with Crippen LogP contribution in [0.5, 0.6) is 5.75 Å². The number of anilines is 2. The number of quaternary nitrogens is 1. The Morgan fingerprint density at radius 2 is 1.77 bits per heavy atom. The Bertz CT molecular complexity index is 876. The number of aryl methyl sites for hydroxylation is 1. The second-order valence-electron chi connectivity index (χ2n) is 7.96. The summed E-state index contributed by atoms with van der Waals surface area (Å²) in [4.78, 5) is 30.0. The molecule has 0 bridgehead atoms. The van der Waals surface area contributed by atoms with Crippen molar-refractivity contribution in [1.82, 2.24) is 4.90 Å². The molecule has 1 heterocycles. The van der Waals surface area contributed by atoms with Crippen LogP contribution in [0.1, 0.15) is 12.5 Å². The van der Waals surface area contributed by atoms with E-state index in [1.165, 1.54) is 9.80 Å². The van der Waals surface area contributed by atoms with E-state index in [1.54, 1.807) is 13.1 Å². The zero-order valence-corrected chi connectivity index (χ0v) is 17.9. The quantitative estimate of drug-likeness (QED) is 0.660. The molecule has 0 radical (unpaired) electrons. The molecule has 0 unspecified atom stereocenters. The lowest BCUT2D eigenvalue weighted by molar-refractivity contribution is -0.915. The molecule has 160 valence electrons. The zero-order valence-electron chi connectivity index (χ0n) is 17.9. The van der Waals surface area contributed by atoms with Gasteiger partial charge in [0.05, 0.1) is 38.4 Å². The predicted octanol–water partition coefficient (Wildman–Crippen LogP) is 0.891. The van der Waals surface area contributed by atoms with Gasteiger partial charge in [-0.25, -0.2) is 0 Å². The van der Waals surface area contributed by atoms with Crippen molar-refractivity contribution in [1.29, 1.82) is 0 Å². The fourth-order valence-electron chi connectivity index (χ4n) is 3.84. The van der Waals surface area contributed by atoms with Crippen molar-refractivity contribution in [2.45, 2.75) is 19.9 Å². The van der Waals surface area contributed by atoms with Gasteiger partial charge in [-0.05, 0) is 38.1 Å². The van der Waals surface area contributed by atoms with Crippen molar-refractivity contribution in [3.8, 4) is 5.75 Å². The zero-order chi connectivity index (χ0) is 21.7. The molecule has 1 atom stereocenters. The van der Waals surface area contributed by atoms with Gasteiger partial charge in [-0.1, -0.05) is 29.8 Å². The van der Waals surface area contributed by atoms with Crippen molar-refractivity contribution in [3.05, 3.63) is 54.1 Å². The molecule has 3 rings (SSSR count). The molecule has 0 saturated carbocycles. The van der Waals surface area contributed by atoms with E-state index in [9.17, 15) is 14.7 Å². The van der Waals surface area contributed by atoms with Gasteiger partial charge < -0.3 is 25.1 Å². The van der Waals surface area contributed by atoms with E-state index in [0.29, 0.717) is 0 Å². The number of carbonyl (C=O) groups is 2. The summed E-state index contributed by atoms with van der Waals surface area (Å²) in [5.41, 5.74) is 2.69. The second kappa shape index (κ2) is 9.63. The lowest BCUT2D eigenvalue weighted by Gasteiger charge is -2.37. The predicted molar refractivity (Wildman–Crippen MR) is 118 cm³/mol. The van der Waals surface area contributed by atoms with Crippen LogP contribution in [0.2, 0.25) is 0 Å². The number of carbonyl (C=O) groups excluding carboxylic acids is 2. The molecule has 7 heteroatoms. The van der Waals surface area contributed by atoms with E-state index in [1.807, 2.05) is 56.3 Å². The molecule has 1 aliphatic heterocycles. The van der Waals surface area contributed by atoms with Crippen LogP contribution >= 0.6 is 0 Å². The third-order valence-electron chi connectivity index (χ3n) is 5.70. The van der Waals surface area contributed by atoms with E-state index in [0.717, 1.165) is 43.1 Å². The highest BCUT2D eigenvalue weighted by Gasteiger charge is 2.32. The third-order valence-corrected chi connectivity index (χ3v) is 5.70. The Labute approximate surface area is 177 Å². The number of nitrogens with zero attached hydrogens (tertiary/aromatic N) is 2. The van der Waals surface area contributed by atoms with Gasteiger partial charge in [0.2, 0.25) is 5.91 Å². The van der Waals surface area contributed by atoms with Crippen LogP contribution in [0.15, 0.2) is 48.5 Å². The molecular formula is C23H31N4O3+. The number of rotatable bonds is 6. The van der Waals surface area contributed by atoms with Crippen molar-refractivity contribution in [2.75, 3.05) is 50.0 Å². The monoisotopic (exact) mass is 411 g/mol. The minimum Gasteiger partial charge on any atom is -0.506 e. The van der Waals surface area contributed by atoms with Crippen LogP contribution in [0.3, 0.4) is 0 Å². The Morgan fingerprint density at radius 3 is 2.40 bits per heavy atom. The minimum absolute atomic E-state index is 0.0222. The molecule has 0 aliphatic carbocycles. The largest absolute Gasteiger partial charge is 0.506 e. The number of hydrogen-bond acceptors (Lipinski definition) is 4. The molecule has 7 nitrogen and oxygen atoms in total. The lowest BCUT2D eigenvalue weighted by atomic mass is 10.2. The van der Waals surface area contributed by atoms with E-state index in [4.69, 9.17) is 0 Å². The molecule has 0 spiro atoms. The fraction of sp³-hybridized carbons (Fsp3) is 0.391. The molecule has 3 N–H and O–H groups in total. The van der Waals surface area contributed by atoms with Crippen LogP contribution in [-0.2, 0) is 9.59 Å². The number of piperazine rings is 1. The third kappa shape index (κ3) is 5.30. The number of phenols is 1. The molecule has 30 heavy (non-hydrogen) atoms. The summed E-state index contributed by atoms with van der Waals surface area (Å²) in [7, 11) is 1.67. The highest BCUT2D eigenvalue weighted by atomic mass is 16.3. The summed E-state index contributed by atoms with van der Waals surface area (Å²) < 4.78 is 0. The summed E-state index contributed by atoms with van der Waals surface area (Å²) in [6.07, 6.45) is 0. The Morgan fingerprint density at radius 1 is 1.13 bits per heavy atom. The number of hydrogen-bond donors (Lipinski definition) is 3. The number of phenolic OH excluding ortho intramolecular Hbond substituents is 1. The maximum atomic E-state index is 12.9. The lowest BCUT2D eigenvalue weighted by Crippen LogP contribution is -3.19. The van der Waals surface area contributed by atoms with Crippen LogP contribution in [0, 0.1) is 6.92 Å². The molecule has 0 aromatic heterocycles. The van der Waals surface area contributed by atoms with Crippen LogP contribution in [0.4, 0.5) is 11.4 Å². The van der Waals surface area contributed by atoms with Gasteiger partial charge in [0.15, 0.2) is 6.04 Å². The Hall–Kier alpha value is -3.06. The number of nitrogens with one attached hydrogen (secondary N) is 2. The highest BCUT2D eigenvalue weighted by molar-refractivity contribution is 5.94. The molecular weight excluding hydrogens is 380 g/mol. The van der Waals surface area contributed by atoms with Gasteiger partial charge in [-0.15, -0.1) is 0 Å². The van der Waals surface area contributed by atoms with Crippen LogP contribution < -0.4 is 15.1 Å². The first kappa shape index (κ1) is 21.6. The van der Waals surface area contributed by atoms with Gasteiger partial charge in [-0.3, -0.25) is 9.59 Å². The smallest absolute Gasteiger partial charge is 0.280 e. The first-order valence-corrected chi connectivity index (χ1v) is 10.3. The van der Waals surface area contributed by atoms with Gasteiger partial charge in [-0.2, -0.15) is 0 Å². The summed E-state index contributed by atoms with van der Waals surface area (Å²) in [5, 5.41) is 12.9. The van der Waals surface area contributed by atoms with Crippen molar-refractivity contribution >= 4 is 23.2 Å². The van der Waals surface area contributed by atoms with E-state index in [-0.39, 0.29) is 30.2 Å². The minimum atomic E-state index is -0.228. The fourth-order valence-corrected chi connectivity index (χ4v) is 3.84. The first-order valence-electron chi connectivity index (χ1n) is 10.3. The molecule has 2 aromatic carbocycles. The Balaban J connectivity index is 1.49. The van der Waals surface area contributed by atoms with Gasteiger partial charge in [0.1, 0.15) is 5.75 Å². The molecule has 2 aromatic rings. The molecule has 1 saturated heterocycles. The van der Waals surface area contributed by atoms with Crippen molar-refractivity contribution in [3.63, 3.8) is 0 Å². The average Bonchev–Trinajstić information content (AvgIpc) is 2.74. The van der Waals surface area contributed by atoms with Crippen LogP contribution in [0.25, 0.3) is 0 Å². The molecule has 1 aliphatic rings. The summed E-state index contributed by atoms with van der Waals surface area (Å²) >= 11 is 0. The summed E-state index contributed by atoms with van der Waals surface area (Å²) in [6.45, 7) is 7.06. The van der Waals surface area contributed by atoms with Gasteiger partial charge >= 0.3 is 0 Å². The number of likely N-dealkylation sites (N-methyl/N-ethyl adjacent to an activating group) is 1. The number of para-hydroxylation sites is 2. The standard InChI is InChI=1S/C23H30N4O3/c1-17-8-10-19(11-9-17)24-22(29)16-25(3)23(30)18(2)26-12-14-27(15-13-26)20-6-4-5-7-21(20)28/h4-11,18,28H,12-16H2,1-3H3,(H,24,29)/p+1/t18-/m1/s1. The summed E-state index contributed by atoms with van der Waals surface area (Å²) in [5.74, 6) is 0.0331. The highest BCUT2D eigenvalue weighted by Crippen LogP contribution is 2.26. The van der Waals surface area contributed by atoms with Gasteiger partial charge in [0, 0.05) is 12.7 Å².